The van der Waals surface area contributed by atoms with E-state index in [4.69, 9.17) is 4.74 Å². The van der Waals surface area contributed by atoms with Gasteiger partial charge in [0.15, 0.2) is 0 Å². The van der Waals surface area contributed by atoms with Crippen molar-refractivity contribution in [1.82, 2.24) is 14.5 Å². The molecule has 1 aliphatic heterocycles. The lowest BCUT2D eigenvalue weighted by Gasteiger charge is -2.44. The van der Waals surface area contributed by atoms with Gasteiger partial charge in [0, 0.05) is 37.8 Å². The number of halogens is 1. The molecule has 29 heavy (non-hydrogen) atoms. The number of pyridine rings is 2. The van der Waals surface area contributed by atoms with E-state index >= 15 is 0 Å². The van der Waals surface area contributed by atoms with Crippen LogP contribution in [0.4, 0.5) is 10.1 Å². The van der Waals surface area contributed by atoms with E-state index in [0.717, 1.165) is 13.1 Å². The number of carbonyl (C=O) groups is 1. The van der Waals surface area contributed by atoms with Crippen molar-refractivity contribution in [2.45, 2.75) is 13.0 Å². The predicted molar refractivity (Wildman–Crippen MR) is 110 cm³/mol. The van der Waals surface area contributed by atoms with Crippen LogP contribution in [0, 0.1) is 5.82 Å². The maximum Gasteiger partial charge on any atom is 0.343 e. The average molecular weight is 398 g/mol. The van der Waals surface area contributed by atoms with Gasteiger partial charge in [0.05, 0.1) is 23.2 Å². The number of aromatic nitrogens is 2. The average Bonchev–Trinajstić information content (AvgIpc) is 2.62. The van der Waals surface area contributed by atoms with Crippen LogP contribution in [0.15, 0.2) is 29.2 Å². The summed E-state index contributed by atoms with van der Waals surface area (Å²) in [5.41, 5.74) is 1.02. The molecular formula is C21H23FN4O3. The van der Waals surface area contributed by atoms with Crippen LogP contribution in [0.5, 0.6) is 0 Å². The number of carbonyl (C=O) groups excluding carboxylic acids is 1. The summed E-state index contributed by atoms with van der Waals surface area (Å²) in [4.78, 5) is 33.6. The first-order valence-corrected chi connectivity index (χ1v) is 9.52. The number of esters is 1. The number of anilines is 1. The fraction of sp³-hybridized carbons (Fsp3) is 0.381. The molecule has 0 atom stereocenters. The van der Waals surface area contributed by atoms with Crippen LogP contribution in [0.3, 0.4) is 0 Å². The van der Waals surface area contributed by atoms with Crippen LogP contribution >= 0.6 is 0 Å². The Kier molecular flexibility index (Phi) is 4.74. The van der Waals surface area contributed by atoms with Crippen molar-refractivity contribution in [3.8, 4) is 0 Å². The normalized spacial score (nSPS) is 14.6. The van der Waals surface area contributed by atoms with Crippen molar-refractivity contribution in [2.75, 3.05) is 38.7 Å². The van der Waals surface area contributed by atoms with Gasteiger partial charge in [0.1, 0.15) is 17.0 Å². The topological polar surface area (TPSA) is 67.7 Å². The zero-order chi connectivity index (χ0) is 20.9. The van der Waals surface area contributed by atoms with Crippen LogP contribution < -0.4 is 10.3 Å². The van der Waals surface area contributed by atoms with Gasteiger partial charge in [-0.05, 0) is 39.2 Å². The Balaban J connectivity index is 1.82. The fourth-order valence-corrected chi connectivity index (χ4v) is 3.64. The zero-order valence-corrected chi connectivity index (χ0v) is 16.9. The van der Waals surface area contributed by atoms with E-state index in [0.29, 0.717) is 28.3 Å². The summed E-state index contributed by atoms with van der Waals surface area (Å²) in [5.74, 6) is -1.03. The quantitative estimate of drug-likeness (QED) is 0.496. The number of aryl methyl sites for hydroxylation is 1. The van der Waals surface area contributed by atoms with E-state index in [1.54, 1.807) is 30.7 Å². The summed E-state index contributed by atoms with van der Waals surface area (Å²) in [6.45, 7) is 3.36. The molecular weight excluding hydrogens is 375 g/mol. The number of rotatable bonds is 4. The Morgan fingerprint density at radius 1 is 1.31 bits per heavy atom. The zero-order valence-electron chi connectivity index (χ0n) is 16.9. The molecule has 4 rings (SSSR count). The highest BCUT2D eigenvalue weighted by molar-refractivity contribution is 5.97. The third kappa shape index (κ3) is 3.23. The highest BCUT2D eigenvalue weighted by Gasteiger charge is 2.30. The largest absolute Gasteiger partial charge is 0.462 e. The van der Waals surface area contributed by atoms with Crippen molar-refractivity contribution in [3.63, 3.8) is 0 Å². The number of likely N-dealkylation sites (N-methyl/N-ethyl adjacent to an activating group) is 1. The maximum absolute atomic E-state index is 14.8. The molecule has 3 aromatic rings. The minimum Gasteiger partial charge on any atom is -0.462 e. The second-order valence-corrected chi connectivity index (χ2v) is 7.58. The monoisotopic (exact) mass is 398 g/mol. The van der Waals surface area contributed by atoms with Crippen LogP contribution in [0.2, 0.25) is 0 Å². The van der Waals surface area contributed by atoms with E-state index < -0.39 is 11.4 Å². The Morgan fingerprint density at radius 3 is 2.69 bits per heavy atom. The van der Waals surface area contributed by atoms with E-state index in [1.807, 2.05) is 19.0 Å². The standard InChI is InChI=1S/C21H23FN4O3/c1-5-29-21(28)15-11-25(4)20-14(19(15)27)6-12-7-16(22)18(8-17(12)23-20)26-9-13(10-26)24(2)3/h6-8,11,13H,5,9-10H2,1-4H3. The van der Waals surface area contributed by atoms with Gasteiger partial charge in [-0.25, -0.2) is 14.2 Å². The molecule has 0 spiro atoms. The van der Waals surface area contributed by atoms with Crippen molar-refractivity contribution in [2.24, 2.45) is 7.05 Å². The van der Waals surface area contributed by atoms with Crippen molar-refractivity contribution in [1.29, 1.82) is 0 Å². The number of fused-ring (bicyclic) bond motifs is 2. The van der Waals surface area contributed by atoms with Crippen LogP contribution in [0.1, 0.15) is 17.3 Å². The Hall–Kier alpha value is -3.00. The number of nitrogens with zero attached hydrogens (tertiary/aromatic N) is 4. The molecule has 1 aliphatic rings. The molecule has 0 unspecified atom stereocenters. The summed E-state index contributed by atoms with van der Waals surface area (Å²) in [5, 5.41) is 0.774. The molecule has 0 saturated carbocycles. The van der Waals surface area contributed by atoms with E-state index in [1.165, 1.54) is 12.3 Å². The summed E-state index contributed by atoms with van der Waals surface area (Å²) in [6, 6.07) is 5.11. The minimum atomic E-state index is -0.676. The molecule has 3 heterocycles. The molecule has 0 amide bonds. The number of benzene rings is 1. The molecule has 1 saturated heterocycles. The van der Waals surface area contributed by atoms with Crippen molar-refractivity contribution >= 4 is 33.6 Å². The molecule has 0 radical (unpaired) electrons. The highest BCUT2D eigenvalue weighted by atomic mass is 19.1. The smallest absolute Gasteiger partial charge is 0.343 e. The van der Waals surface area contributed by atoms with Crippen LogP contribution in [-0.4, -0.2) is 60.3 Å². The predicted octanol–water partition coefficient (Wildman–Crippen LogP) is 2.15. The Bertz CT molecular complexity index is 1180. The van der Waals surface area contributed by atoms with Gasteiger partial charge in [-0.1, -0.05) is 0 Å². The van der Waals surface area contributed by atoms with Gasteiger partial charge < -0.3 is 19.1 Å². The Morgan fingerprint density at radius 2 is 2.03 bits per heavy atom. The van der Waals surface area contributed by atoms with Crippen molar-refractivity contribution in [3.05, 3.63) is 46.0 Å². The van der Waals surface area contributed by atoms with Gasteiger partial charge in [0.25, 0.3) is 0 Å². The fourth-order valence-electron chi connectivity index (χ4n) is 3.64. The summed E-state index contributed by atoms with van der Waals surface area (Å²) in [6.07, 6.45) is 1.43. The van der Waals surface area contributed by atoms with Crippen LogP contribution in [0.25, 0.3) is 21.9 Å². The number of ether oxygens (including phenoxy) is 1. The van der Waals surface area contributed by atoms with Crippen LogP contribution in [-0.2, 0) is 11.8 Å². The maximum atomic E-state index is 14.8. The molecule has 8 heteroatoms. The molecule has 152 valence electrons. The first-order valence-electron chi connectivity index (χ1n) is 9.52. The van der Waals surface area contributed by atoms with E-state index in [9.17, 15) is 14.0 Å². The SMILES string of the molecule is CCOC(=O)c1cn(C)c2nc3cc(N4CC(N(C)C)C4)c(F)cc3cc2c1=O. The summed E-state index contributed by atoms with van der Waals surface area (Å²) >= 11 is 0. The molecule has 0 N–H and O–H groups in total. The molecule has 0 aliphatic carbocycles. The molecule has 0 bridgehead atoms. The van der Waals surface area contributed by atoms with Gasteiger partial charge >= 0.3 is 5.97 Å². The van der Waals surface area contributed by atoms with E-state index in [-0.39, 0.29) is 23.4 Å². The third-order valence-corrected chi connectivity index (χ3v) is 5.44. The van der Waals surface area contributed by atoms with Gasteiger partial charge in [-0.15, -0.1) is 0 Å². The molecule has 1 aromatic carbocycles. The first-order chi connectivity index (χ1) is 13.8. The van der Waals surface area contributed by atoms with Gasteiger partial charge in [-0.2, -0.15) is 0 Å². The summed E-state index contributed by atoms with van der Waals surface area (Å²) in [7, 11) is 5.74. The second kappa shape index (κ2) is 7.11. The first kappa shape index (κ1) is 19.3. The van der Waals surface area contributed by atoms with Gasteiger partial charge in [-0.3, -0.25) is 4.79 Å². The molecule has 2 aromatic heterocycles. The van der Waals surface area contributed by atoms with Gasteiger partial charge in [0.2, 0.25) is 5.43 Å². The lowest BCUT2D eigenvalue weighted by molar-refractivity contribution is 0.0524. The van der Waals surface area contributed by atoms with Crippen molar-refractivity contribution < 1.29 is 13.9 Å². The molecule has 1 fully saturated rings. The van der Waals surface area contributed by atoms with E-state index in [2.05, 4.69) is 9.88 Å². The lowest BCUT2D eigenvalue weighted by Crippen LogP contribution is -2.57. The second-order valence-electron chi connectivity index (χ2n) is 7.58. The highest BCUT2D eigenvalue weighted by Crippen LogP contribution is 2.30. The molecule has 7 nitrogen and oxygen atoms in total. The number of hydrogen-bond donors (Lipinski definition) is 0. The third-order valence-electron chi connectivity index (χ3n) is 5.44. The lowest BCUT2D eigenvalue weighted by atomic mass is 10.0. The number of hydrogen-bond acceptors (Lipinski definition) is 6. The minimum absolute atomic E-state index is 0.0598. The summed E-state index contributed by atoms with van der Waals surface area (Å²) < 4.78 is 21.4. The Labute approximate surface area is 167 Å².